The summed E-state index contributed by atoms with van der Waals surface area (Å²) in [6.45, 7) is 4.12. The summed E-state index contributed by atoms with van der Waals surface area (Å²) in [4.78, 5) is 2.04. The van der Waals surface area contributed by atoms with Crippen molar-refractivity contribution in [2.75, 3.05) is 45.6 Å². The van der Waals surface area contributed by atoms with Gasteiger partial charge in [0.05, 0.1) is 18.4 Å². The van der Waals surface area contributed by atoms with Crippen LogP contribution in [0.25, 0.3) is 0 Å². The first-order valence-corrected chi connectivity index (χ1v) is 8.25. The first kappa shape index (κ1) is 17.2. The van der Waals surface area contributed by atoms with Crippen molar-refractivity contribution in [3.63, 3.8) is 0 Å². The smallest absolute Gasteiger partial charge is 0.216 e. The van der Waals surface area contributed by atoms with Gasteiger partial charge in [-0.1, -0.05) is 12.1 Å². The van der Waals surface area contributed by atoms with Gasteiger partial charge in [0.25, 0.3) is 0 Å². The molecule has 9 heteroatoms. The summed E-state index contributed by atoms with van der Waals surface area (Å²) in [5.74, 6) is 0.171. The highest BCUT2D eigenvalue weighted by Gasteiger charge is 2.30. The fourth-order valence-electron chi connectivity index (χ4n) is 2.33. The second-order valence-electron chi connectivity index (χ2n) is 4.69. The molecule has 0 bridgehead atoms. The maximum Gasteiger partial charge on any atom is 0.216 e. The van der Waals surface area contributed by atoms with Crippen molar-refractivity contribution in [1.82, 2.24) is 9.21 Å². The van der Waals surface area contributed by atoms with Crippen LogP contribution >= 0.6 is 0 Å². The lowest BCUT2D eigenvalue weighted by molar-refractivity contribution is 0.159. The Morgan fingerprint density at radius 1 is 1.40 bits per heavy atom. The minimum absolute atomic E-state index is 0.000936. The van der Waals surface area contributed by atoms with Crippen molar-refractivity contribution < 1.29 is 18.4 Å². The molecule has 0 amide bonds. The molecule has 0 aromatic heterocycles. The minimum Gasteiger partial charge on any atom is -0.409 e. The number of amidine groups is 1. The van der Waals surface area contributed by atoms with Crippen molar-refractivity contribution in [3.05, 3.63) is 0 Å². The lowest BCUT2D eigenvalue weighted by Gasteiger charge is -2.37. The molecule has 0 aromatic carbocycles. The number of methoxy groups -OCH3 is 1. The van der Waals surface area contributed by atoms with E-state index in [9.17, 15) is 8.42 Å². The number of nitrogens with zero attached hydrogens (tertiary/aromatic N) is 3. The van der Waals surface area contributed by atoms with Gasteiger partial charge in [-0.25, -0.2) is 8.42 Å². The fourth-order valence-corrected chi connectivity index (χ4v) is 3.69. The van der Waals surface area contributed by atoms with E-state index in [1.807, 2.05) is 11.8 Å². The van der Waals surface area contributed by atoms with E-state index in [2.05, 4.69) is 5.16 Å². The summed E-state index contributed by atoms with van der Waals surface area (Å²) in [6.07, 6.45) is 0.715. The lowest BCUT2D eigenvalue weighted by Crippen LogP contribution is -2.55. The molecule has 1 rings (SSSR count). The van der Waals surface area contributed by atoms with E-state index in [1.165, 1.54) is 11.4 Å². The SMILES string of the molecule is CCC(C(N)=NO)N1CCN(S(=O)(=O)CCOC)CC1. The molecule has 0 aliphatic carbocycles. The van der Waals surface area contributed by atoms with Crippen LogP contribution in [0.5, 0.6) is 0 Å². The number of hydrogen-bond acceptors (Lipinski definition) is 6. The Hall–Kier alpha value is -0.900. The first-order chi connectivity index (χ1) is 9.46. The van der Waals surface area contributed by atoms with Gasteiger partial charge in [0, 0.05) is 33.3 Å². The second-order valence-corrected chi connectivity index (χ2v) is 6.78. The van der Waals surface area contributed by atoms with Crippen LogP contribution in [0, 0.1) is 0 Å². The third kappa shape index (κ3) is 4.30. The normalized spacial score (nSPS) is 21.0. The molecular weight excluding hydrogens is 284 g/mol. The zero-order valence-electron chi connectivity index (χ0n) is 12.0. The molecular formula is C11H24N4O4S. The topological polar surface area (TPSA) is 108 Å². The van der Waals surface area contributed by atoms with Gasteiger partial charge in [-0.15, -0.1) is 0 Å². The average Bonchev–Trinajstić information content (AvgIpc) is 2.46. The van der Waals surface area contributed by atoms with E-state index in [0.29, 0.717) is 32.6 Å². The van der Waals surface area contributed by atoms with Crippen molar-refractivity contribution in [3.8, 4) is 0 Å². The third-order valence-electron chi connectivity index (χ3n) is 3.50. The van der Waals surface area contributed by atoms with E-state index in [1.54, 1.807) is 0 Å². The van der Waals surface area contributed by atoms with Crippen molar-refractivity contribution in [2.45, 2.75) is 19.4 Å². The Morgan fingerprint density at radius 3 is 2.45 bits per heavy atom. The number of piperazine rings is 1. The summed E-state index contributed by atoms with van der Waals surface area (Å²) in [6, 6.07) is -0.149. The van der Waals surface area contributed by atoms with Gasteiger partial charge in [0.1, 0.15) is 0 Å². The van der Waals surface area contributed by atoms with Crippen molar-refractivity contribution in [2.24, 2.45) is 10.9 Å². The highest BCUT2D eigenvalue weighted by atomic mass is 32.2. The fraction of sp³-hybridized carbons (Fsp3) is 0.909. The number of hydrogen-bond donors (Lipinski definition) is 2. The molecule has 1 aliphatic heterocycles. The molecule has 3 N–H and O–H groups in total. The van der Waals surface area contributed by atoms with Crippen molar-refractivity contribution >= 4 is 15.9 Å². The first-order valence-electron chi connectivity index (χ1n) is 6.64. The Balaban J connectivity index is 2.59. The summed E-state index contributed by atoms with van der Waals surface area (Å²) < 4.78 is 30.3. The predicted octanol–water partition coefficient (Wildman–Crippen LogP) is -0.895. The molecule has 1 aliphatic rings. The molecule has 1 unspecified atom stereocenters. The summed E-state index contributed by atoms with van der Waals surface area (Å²) >= 11 is 0. The van der Waals surface area contributed by atoms with Crippen molar-refractivity contribution in [1.29, 1.82) is 0 Å². The Kier molecular flexibility index (Phi) is 6.66. The molecule has 1 atom stereocenters. The quantitative estimate of drug-likeness (QED) is 0.273. The molecule has 0 saturated carbocycles. The number of sulfonamides is 1. The maximum atomic E-state index is 12.0. The number of oxime groups is 1. The molecule has 1 saturated heterocycles. The molecule has 1 heterocycles. The summed E-state index contributed by atoms with van der Waals surface area (Å²) in [5, 5.41) is 11.8. The lowest BCUT2D eigenvalue weighted by atomic mass is 10.1. The highest BCUT2D eigenvalue weighted by molar-refractivity contribution is 7.89. The third-order valence-corrected chi connectivity index (χ3v) is 5.33. The average molecular weight is 308 g/mol. The van der Waals surface area contributed by atoms with Gasteiger partial charge in [0.15, 0.2) is 5.84 Å². The van der Waals surface area contributed by atoms with E-state index in [0.717, 1.165) is 0 Å². The van der Waals surface area contributed by atoms with E-state index < -0.39 is 10.0 Å². The van der Waals surface area contributed by atoms with Gasteiger partial charge in [-0.3, -0.25) is 4.90 Å². The molecule has 0 radical (unpaired) electrons. The molecule has 118 valence electrons. The molecule has 0 spiro atoms. The standard InChI is InChI=1S/C11H24N4O4S/c1-3-10(11(12)13-16)14-4-6-15(7-5-14)20(17,18)9-8-19-2/h10,16H,3-9H2,1-2H3,(H2,12,13). The van der Waals surface area contributed by atoms with E-state index in [-0.39, 0.29) is 24.2 Å². The van der Waals surface area contributed by atoms with E-state index in [4.69, 9.17) is 15.7 Å². The molecule has 8 nitrogen and oxygen atoms in total. The minimum atomic E-state index is -3.26. The zero-order valence-corrected chi connectivity index (χ0v) is 12.8. The maximum absolute atomic E-state index is 12.0. The monoisotopic (exact) mass is 308 g/mol. The molecule has 1 fully saturated rings. The zero-order chi connectivity index (χ0) is 15.2. The Morgan fingerprint density at radius 2 is 2.00 bits per heavy atom. The van der Waals surface area contributed by atoms with Gasteiger partial charge >= 0.3 is 0 Å². The van der Waals surface area contributed by atoms with Crippen LogP contribution in [0.2, 0.25) is 0 Å². The van der Waals surface area contributed by atoms with Crippen LogP contribution in [-0.2, 0) is 14.8 Å². The summed E-state index contributed by atoms with van der Waals surface area (Å²) in [7, 11) is -1.77. The van der Waals surface area contributed by atoms with Gasteiger partial charge in [-0.05, 0) is 6.42 Å². The predicted molar refractivity (Wildman–Crippen MR) is 76.3 cm³/mol. The van der Waals surface area contributed by atoms with Crippen LogP contribution < -0.4 is 5.73 Å². The highest BCUT2D eigenvalue weighted by Crippen LogP contribution is 2.12. The van der Waals surface area contributed by atoms with Crippen LogP contribution in [0.3, 0.4) is 0 Å². The Labute approximate surface area is 120 Å². The van der Waals surface area contributed by atoms with Gasteiger partial charge < -0.3 is 15.7 Å². The van der Waals surface area contributed by atoms with Crippen LogP contribution in [0.15, 0.2) is 5.16 Å². The van der Waals surface area contributed by atoms with Gasteiger partial charge in [-0.2, -0.15) is 4.31 Å². The second kappa shape index (κ2) is 7.77. The number of rotatable bonds is 7. The van der Waals surface area contributed by atoms with Crippen LogP contribution in [0.1, 0.15) is 13.3 Å². The number of nitrogens with two attached hydrogens (primary N) is 1. The van der Waals surface area contributed by atoms with E-state index >= 15 is 0 Å². The summed E-state index contributed by atoms with van der Waals surface area (Å²) in [5.41, 5.74) is 5.65. The molecule has 20 heavy (non-hydrogen) atoms. The van der Waals surface area contributed by atoms with Gasteiger partial charge in [0.2, 0.25) is 10.0 Å². The largest absolute Gasteiger partial charge is 0.409 e. The molecule has 0 aromatic rings. The van der Waals surface area contributed by atoms with Crippen LogP contribution in [0.4, 0.5) is 0 Å². The Bertz CT molecular complexity index is 418. The number of ether oxygens (including phenoxy) is 1. The van der Waals surface area contributed by atoms with Crippen LogP contribution in [-0.4, -0.2) is 80.4 Å².